The molecule has 6 nitrogen and oxygen atoms in total. The zero-order valence-electron chi connectivity index (χ0n) is 14.9. The Kier molecular flexibility index (Phi) is 6.26. The van der Waals surface area contributed by atoms with Gasteiger partial charge < -0.3 is 9.80 Å². The summed E-state index contributed by atoms with van der Waals surface area (Å²) in [6.07, 6.45) is 9.51. The Morgan fingerprint density at radius 2 is 2.04 bits per heavy atom. The number of hydrogen-bond acceptors (Lipinski definition) is 4. The summed E-state index contributed by atoms with van der Waals surface area (Å²) in [5.74, 6) is 0.324. The smallest absolute Gasteiger partial charge is 0.236 e. The number of carbonyl (C=O) groups excluding carboxylic acids is 1. The number of hydrogen-bond donors (Lipinski definition) is 0. The summed E-state index contributed by atoms with van der Waals surface area (Å²) in [5, 5.41) is 4.28. The van der Waals surface area contributed by atoms with Crippen LogP contribution in [0.3, 0.4) is 0 Å². The highest BCUT2D eigenvalue weighted by Gasteiger charge is 2.27. The molecular weight excluding hydrogens is 302 g/mol. The van der Waals surface area contributed by atoms with Crippen LogP contribution in [-0.2, 0) is 11.3 Å². The first-order chi connectivity index (χ1) is 11.7. The van der Waals surface area contributed by atoms with E-state index in [-0.39, 0.29) is 0 Å². The predicted molar refractivity (Wildman–Crippen MR) is 94.8 cm³/mol. The Labute approximate surface area is 145 Å². The standard InChI is InChI=1S/C18H31N5O/c1-20-9-5-10-21(15-14-20)16-18(24)23-12-3-2-6-17(23)7-13-22-11-4-8-19-22/h4,8,11,17H,2-3,5-7,9-10,12-16H2,1H3. The Balaban J connectivity index is 1.52. The second kappa shape index (κ2) is 8.62. The van der Waals surface area contributed by atoms with Gasteiger partial charge in [0.05, 0.1) is 6.54 Å². The molecule has 0 aromatic carbocycles. The number of carbonyl (C=O) groups is 1. The molecule has 24 heavy (non-hydrogen) atoms. The molecule has 1 unspecified atom stereocenters. The second-order valence-electron chi connectivity index (χ2n) is 7.23. The van der Waals surface area contributed by atoms with E-state index in [9.17, 15) is 4.79 Å². The van der Waals surface area contributed by atoms with E-state index in [1.807, 2.05) is 23.1 Å². The average Bonchev–Trinajstić information content (AvgIpc) is 3.03. The Bertz CT molecular complexity index is 504. The lowest BCUT2D eigenvalue weighted by molar-refractivity contribution is -0.136. The Morgan fingerprint density at radius 1 is 1.12 bits per heavy atom. The van der Waals surface area contributed by atoms with Gasteiger partial charge in [-0.3, -0.25) is 14.4 Å². The van der Waals surface area contributed by atoms with Gasteiger partial charge in [-0.25, -0.2) is 0 Å². The van der Waals surface area contributed by atoms with Crippen LogP contribution in [0.25, 0.3) is 0 Å². The number of rotatable bonds is 5. The van der Waals surface area contributed by atoms with E-state index >= 15 is 0 Å². The summed E-state index contributed by atoms with van der Waals surface area (Å²) < 4.78 is 1.97. The molecule has 3 heterocycles. The fourth-order valence-corrected chi connectivity index (χ4v) is 3.88. The van der Waals surface area contributed by atoms with Gasteiger partial charge in [-0.15, -0.1) is 0 Å². The van der Waals surface area contributed by atoms with Gasteiger partial charge in [-0.2, -0.15) is 5.10 Å². The SMILES string of the molecule is CN1CCCN(CC(=O)N2CCCCC2CCn2cccn2)CC1. The zero-order chi connectivity index (χ0) is 16.8. The molecule has 1 aromatic rings. The Hall–Kier alpha value is -1.40. The molecule has 0 radical (unpaired) electrons. The van der Waals surface area contributed by atoms with E-state index in [0.29, 0.717) is 18.5 Å². The molecule has 0 aliphatic carbocycles. The summed E-state index contributed by atoms with van der Waals surface area (Å²) in [6, 6.07) is 2.34. The fraction of sp³-hybridized carbons (Fsp3) is 0.778. The molecule has 2 fully saturated rings. The first kappa shape index (κ1) is 17.4. The maximum absolute atomic E-state index is 12.9. The molecule has 2 aliphatic heterocycles. The minimum atomic E-state index is 0.324. The lowest BCUT2D eigenvalue weighted by Crippen LogP contribution is -2.48. The van der Waals surface area contributed by atoms with Crippen LogP contribution in [0.4, 0.5) is 0 Å². The number of aryl methyl sites for hydroxylation is 1. The van der Waals surface area contributed by atoms with Crippen molar-refractivity contribution in [1.82, 2.24) is 24.5 Å². The maximum Gasteiger partial charge on any atom is 0.236 e. The van der Waals surface area contributed by atoms with Crippen molar-refractivity contribution in [2.75, 3.05) is 46.3 Å². The molecule has 0 N–H and O–H groups in total. The summed E-state index contributed by atoms with van der Waals surface area (Å²) in [5.41, 5.74) is 0. The van der Waals surface area contributed by atoms with Gasteiger partial charge in [0, 0.05) is 44.6 Å². The van der Waals surface area contributed by atoms with Gasteiger partial charge in [0.1, 0.15) is 0 Å². The molecule has 0 bridgehead atoms. The van der Waals surface area contributed by atoms with Gasteiger partial charge in [-0.05, 0) is 58.3 Å². The van der Waals surface area contributed by atoms with Crippen LogP contribution < -0.4 is 0 Å². The van der Waals surface area contributed by atoms with Gasteiger partial charge in [0.25, 0.3) is 0 Å². The first-order valence-corrected chi connectivity index (χ1v) is 9.40. The average molecular weight is 333 g/mol. The molecule has 2 saturated heterocycles. The van der Waals surface area contributed by atoms with E-state index < -0.39 is 0 Å². The molecule has 2 aliphatic rings. The minimum Gasteiger partial charge on any atom is -0.339 e. The van der Waals surface area contributed by atoms with Crippen molar-refractivity contribution in [3.63, 3.8) is 0 Å². The number of likely N-dealkylation sites (N-methyl/N-ethyl adjacent to an activating group) is 1. The van der Waals surface area contributed by atoms with Crippen LogP contribution in [-0.4, -0.2) is 82.7 Å². The van der Waals surface area contributed by atoms with E-state index in [0.717, 1.165) is 65.0 Å². The Morgan fingerprint density at radius 3 is 2.88 bits per heavy atom. The topological polar surface area (TPSA) is 44.6 Å². The molecule has 1 amide bonds. The lowest BCUT2D eigenvalue weighted by Gasteiger charge is -2.37. The monoisotopic (exact) mass is 333 g/mol. The molecule has 0 spiro atoms. The molecular formula is C18H31N5O. The number of piperidine rings is 1. The van der Waals surface area contributed by atoms with Crippen molar-refractivity contribution in [2.24, 2.45) is 0 Å². The van der Waals surface area contributed by atoms with Crippen molar-refractivity contribution >= 4 is 5.91 Å². The first-order valence-electron chi connectivity index (χ1n) is 9.40. The van der Waals surface area contributed by atoms with E-state index in [1.54, 1.807) is 0 Å². The normalized spacial score (nSPS) is 24.0. The summed E-state index contributed by atoms with van der Waals surface area (Å²) in [4.78, 5) is 19.7. The minimum absolute atomic E-state index is 0.324. The number of aromatic nitrogens is 2. The van der Waals surface area contributed by atoms with Crippen molar-refractivity contribution in [3.8, 4) is 0 Å². The van der Waals surface area contributed by atoms with Crippen LogP contribution in [0, 0.1) is 0 Å². The van der Waals surface area contributed by atoms with Crippen molar-refractivity contribution < 1.29 is 4.79 Å². The van der Waals surface area contributed by atoms with Gasteiger partial charge >= 0.3 is 0 Å². The van der Waals surface area contributed by atoms with Gasteiger partial charge in [-0.1, -0.05) is 0 Å². The van der Waals surface area contributed by atoms with Crippen molar-refractivity contribution in [1.29, 1.82) is 0 Å². The number of likely N-dealkylation sites (tertiary alicyclic amines) is 1. The predicted octanol–water partition coefficient (Wildman–Crippen LogP) is 1.29. The van der Waals surface area contributed by atoms with Gasteiger partial charge in [0.2, 0.25) is 5.91 Å². The quantitative estimate of drug-likeness (QED) is 0.815. The molecule has 134 valence electrons. The van der Waals surface area contributed by atoms with Gasteiger partial charge in [0.15, 0.2) is 0 Å². The van der Waals surface area contributed by atoms with Crippen LogP contribution in [0.1, 0.15) is 32.1 Å². The van der Waals surface area contributed by atoms with Crippen LogP contribution in [0.5, 0.6) is 0 Å². The highest BCUT2D eigenvalue weighted by Crippen LogP contribution is 2.21. The second-order valence-corrected chi connectivity index (χ2v) is 7.23. The summed E-state index contributed by atoms with van der Waals surface area (Å²) >= 11 is 0. The van der Waals surface area contributed by atoms with E-state index in [4.69, 9.17) is 0 Å². The van der Waals surface area contributed by atoms with E-state index in [2.05, 4.69) is 26.8 Å². The van der Waals surface area contributed by atoms with E-state index in [1.165, 1.54) is 6.42 Å². The van der Waals surface area contributed by atoms with Crippen LogP contribution >= 0.6 is 0 Å². The highest BCUT2D eigenvalue weighted by molar-refractivity contribution is 5.78. The fourth-order valence-electron chi connectivity index (χ4n) is 3.88. The third-order valence-electron chi connectivity index (χ3n) is 5.37. The third kappa shape index (κ3) is 4.80. The zero-order valence-corrected chi connectivity index (χ0v) is 14.9. The maximum atomic E-state index is 12.9. The molecule has 3 rings (SSSR count). The van der Waals surface area contributed by atoms with Crippen LogP contribution in [0.15, 0.2) is 18.5 Å². The molecule has 1 aromatic heterocycles. The number of amides is 1. The summed E-state index contributed by atoms with van der Waals surface area (Å²) in [6.45, 7) is 6.67. The third-order valence-corrected chi connectivity index (χ3v) is 5.37. The lowest BCUT2D eigenvalue weighted by atomic mass is 9.99. The largest absolute Gasteiger partial charge is 0.339 e. The molecule has 1 atom stereocenters. The summed E-state index contributed by atoms with van der Waals surface area (Å²) in [7, 11) is 2.17. The van der Waals surface area contributed by atoms with Crippen molar-refractivity contribution in [2.45, 2.75) is 44.7 Å². The molecule has 0 saturated carbocycles. The molecule has 6 heteroatoms. The van der Waals surface area contributed by atoms with Crippen molar-refractivity contribution in [3.05, 3.63) is 18.5 Å². The highest BCUT2D eigenvalue weighted by atomic mass is 16.2. The number of nitrogens with zero attached hydrogens (tertiary/aromatic N) is 5. The van der Waals surface area contributed by atoms with Crippen LogP contribution in [0.2, 0.25) is 0 Å².